The van der Waals surface area contributed by atoms with E-state index in [2.05, 4.69) is 184 Å². The molecule has 0 spiro atoms. The van der Waals surface area contributed by atoms with E-state index in [1.165, 1.54) is 61.2 Å². The normalized spacial score (nSPS) is 13.1. The molecule has 2 aliphatic rings. The van der Waals surface area contributed by atoms with Crippen LogP contribution >= 0.6 is 0 Å². The largest absolute Gasteiger partial charge is 0.208 e. The molecular weight excluding hydrogens is 703 g/mol. The van der Waals surface area contributed by atoms with Crippen molar-refractivity contribution in [3.63, 3.8) is 0 Å². The lowest BCUT2D eigenvalue weighted by Gasteiger charge is -2.21. The van der Waals surface area contributed by atoms with E-state index in [-0.39, 0.29) is 5.41 Å². The first-order valence-corrected chi connectivity index (χ1v) is 20.1. The number of hydrogen-bond acceptors (Lipinski definition) is 3. The van der Waals surface area contributed by atoms with Crippen molar-refractivity contribution in [3.8, 4) is 89.8 Å². The molecule has 9 aromatic rings. The first kappa shape index (κ1) is 34.1. The van der Waals surface area contributed by atoms with Gasteiger partial charge in [-0.05, 0) is 109 Å². The summed E-state index contributed by atoms with van der Waals surface area (Å²) in [5, 5.41) is 0. The quantitative estimate of drug-likeness (QED) is 0.170. The molecule has 0 radical (unpaired) electrons. The van der Waals surface area contributed by atoms with Crippen LogP contribution in [0.25, 0.3) is 89.8 Å². The Bertz CT molecular complexity index is 3040. The Morgan fingerprint density at radius 2 is 0.776 bits per heavy atom. The van der Waals surface area contributed by atoms with Gasteiger partial charge in [-0.1, -0.05) is 178 Å². The molecule has 11 rings (SSSR count). The lowest BCUT2D eigenvalue weighted by atomic mass is 9.82. The average molecular weight is 742 g/mol. The van der Waals surface area contributed by atoms with E-state index in [1.54, 1.807) is 0 Å². The molecule has 0 saturated carbocycles. The Morgan fingerprint density at radius 1 is 0.310 bits per heavy atom. The molecule has 3 heteroatoms. The second-order valence-corrected chi connectivity index (χ2v) is 16.0. The minimum absolute atomic E-state index is 0.142. The smallest absolute Gasteiger partial charge is 0.164 e. The monoisotopic (exact) mass is 741 g/mol. The molecule has 0 unspecified atom stereocenters. The zero-order valence-electron chi connectivity index (χ0n) is 32.4. The van der Waals surface area contributed by atoms with Crippen LogP contribution in [0.5, 0.6) is 0 Å². The Kier molecular flexibility index (Phi) is 7.90. The highest BCUT2D eigenvalue weighted by molar-refractivity contribution is 5.91. The second-order valence-electron chi connectivity index (χ2n) is 16.0. The van der Waals surface area contributed by atoms with Crippen molar-refractivity contribution in [2.75, 3.05) is 0 Å². The zero-order valence-corrected chi connectivity index (χ0v) is 32.4. The van der Waals surface area contributed by atoms with Gasteiger partial charge in [-0.3, -0.25) is 0 Å². The summed E-state index contributed by atoms with van der Waals surface area (Å²) in [5.74, 6) is 1.96. The molecule has 0 amide bonds. The van der Waals surface area contributed by atoms with E-state index < -0.39 is 0 Å². The highest BCUT2D eigenvalue weighted by Gasteiger charge is 2.35. The molecule has 1 aromatic heterocycles. The standard InChI is InChI=1S/C55H39N3/c1-55(2)50-27-13-12-22-46(50)47-29-28-38(33-51(47)55)53-56-52(37-20-10-5-11-21-37)57-54(58-53)41-31-39(35-16-6-3-7-17-35)30-40(32-41)43-24-15-26-45-44-25-14-23-42(48(44)34-49(43)45)36-18-8-4-9-19-36/h3-33H,34H2,1-2H3. The molecule has 0 saturated heterocycles. The highest BCUT2D eigenvalue weighted by Crippen LogP contribution is 2.50. The minimum atomic E-state index is -0.142. The molecule has 8 aromatic carbocycles. The topological polar surface area (TPSA) is 38.7 Å². The van der Waals surface area contributed by atoms with Crippen molar-refractivity contribution < 1.29 is 0 Å². The number of fused-ring (bicyclic) bond motifs is 6. The van der Waals surface area contributed by atoms with Gasteiger partial charge in [0.25, 0.3) is 0 Å². The first-order chi connectivity index (χ1) is 28.5. The highest BCUT2D eigenvalue weighted by atomic mass is 15.0. The third kappa shape index (κ3) is 5.62. The van der Waals surface area contributed by atoms with Gasteiger partial charge in [-0.25, -0.2) is 15.0 Å². The Hall–Kier alpha value is -7.23. The van der Waals surface area contributed by atoms with Crippen LogP contribution in [-0.4, -0.2) is 15.0 Å². The van der Waals surface area contributed by atoms with Crippen molar-refractivity contribution in [2.45, 2.75) is 25.7 Å². The summed E-state index contributed by atoms with van der Waals surface area (Å²) in [6.07, 6.45) is 0.864. The van der Waals surface area contributed by atoms with Gasteiger partial charge in [0, 0.05) is 22.1 Å². The average Bonchev–Trinajstić information content (AvgIpc) is 3.79. The summed E-state index contributed by atoms with van der Waals surface area (Å²) in [6.45, 7) is 4.63. The number of benzene rings is 8. The molecule has 3 nitrogen and oxygen atoms in total. The number of rotatable bonds is 6. The van der Waals surface area contributed by atoms with Crippen LogP contribution in [0.15, 0.2) is 188 Å². The van der Waals surface area contributed by atoms with E-state index in [0.29, 0.717) is 17.5 Å². The number of nitrogens with zero attached hydrogens (tertiary/aromatic N) is 3. The van der Waals surface area contributed by atoms with Gasteiger partial charge in [0.2, 0.25) is 0 Å². The number of hydrogen-bond donors (Lipinski definition) is 0. The lowest BCUT2D eigenvalue weighted by molar-refractivity contribution is 0.660. The van der Waals surface area contributed by atoms with E-state index in [0.717, 1.165) is 39.8 Å². The molecular formula is C55H39N3. The summed E-state index contributed by atoms with van der Waals surface area (Å²) in [6, 6.07) is 67.5. The fourth-order valence-electron chi connectivity index (χ4n) is 9.30. The van der Waals surface area contributed by atoms with Gasteiger partial charge in [-0.2, -0.15) is 0 Å². The summed E-state index contributed by atoms with van der Waals surface area (Å²) in [4.78, 5) is 15.7. The van der Waals surface area contributed by atoms with Gasteiger partial charge >= 0.3 is 0 Å². The van der Waals surface area contributed by atoms with Gasteiger partial charge in [0.05, 0.1) is 0 Å². The predicted molar refractivity (Wildman–Crippen MR) is 238 cm³/mol. The summed E-state index contributed by atoms with van der Waals surface area (Å²) >= 11 is 0. The molecule has 1 heterocycles. The Balaban J connectivity index is 1.09. The molecule has 0 fully saturated rings. The predicted octanol–water partition coefficient (Wildman–Crippen LogP) is 13.8. The molecule has 2 aliphatic carbocycles. The van der Waals surface area contributed by atoms with Crippen LogP contribution in [0.1, 0.15) is 36.1 Å². The van der Waals surface area contributed by atoms with E-state index in [4.69, 9.17) is 15.0 Å². The molecule has 0 aliphatic heterocycles. The maximum Gasteiger partial charge on any atom is 0.164 e. The fraction of sp³-hybridized carbons (Fsp3) is 0.0727. The van der Waals surface area contributed by atoms with E-state index in [1.807, 2.05) is 18.2 Å². The van der Waals surface area contributed by atoms with Crippen LogP contribution in [-0.2, 0) is 11.8 Å². The Labute approximate surface area is 339 Å². The fourth-order valence-corrected chi connectivity index (χ4v) is 9.30. The SMILES string of the molecule is CC1(C)c2ccccc2-c2ccc(-c3nc(-c4ccccc4)nc(-c4cc(-c5ccccc5)cc(-c5cccc6c5Cc5c(-c7ccccc7)cccc5-6)c4)n3)cc21. The molecule has 0 bridgehead atoms. The Morgan fingerprint density at radius 3 is 1.45 bits per heavy atom. The van der Waals surface area contributed by atoms with Crippen LogP contribution in [0.4, 0.5) is 0 Å². The van der Waals surface area contributed by atoms with E-state index in [9.17, 15) is 0 Å². The third-order valence-corrected chi connectivity index (χ3v) is 12.2. The summed E-state index contributed by atoms with van der Waals surface area (Å²) in [5.41, 5.74) is 20.5. The summed E-state index contributed by atoms with van der Waals surface area (Å²) in [7, 11) is 0. The third-order valence-electron chi connectivity index (χ3n) is 12.2. The first-order valence-electron chi connectivity index (χ1n) is 20.1. The maximum atomic E-state index is 5.32. The van der Waals surface area contributed by atoms with Crippen molar-refractivity contribution >= 4 is 0 Å². The molecule has 0 N–H and O–H groups in total. The van der Waals surface area contributed by atoms with Crippen LogP contribution in [0.2, 0.25) is 0 Å². The molecule has 0 atom stereocenters. The lowest BCUT2D eigenvalue weighted by Crippen LogP contribution is -2.15. The van der Waals surface area contributed by atoms with Crippen LogP contribution in [0.3, 0.4) is 0 Å². The van der Waals surface area contributed by atoms with Crippen molar-refractivity contribution in [1.29, 1.82) is 0 Å². The van der Waals surface area contributed by atoms with Crippen LogP contribution in [0, 0.1) is 0 Å². The van der Waals surface area contributed by atoms with Crippen molar-refractivity contribution in [2.24, 2.45) is 0 Å². The van der Waals surface area contributed by atoms with Gasteiger partial charge < -0.3 is 0 Å². The van der Waals surface area contributed by atoms with Crippen LogP contribution < -0.4 is 0 Å². The zero-order chi connectivity index (χ0) is 38.8. The summed E-state index contributed by atoms with van der Waals surface area (Å²) < 4.78 is 0. The van der Waals surface area contributed by atoms with Crippen molar-refractivity contribution in [3.05, 3.63) is 210 Å². The van der Waals surface area contributed by atoms with Gasteiger partial charge in [0.1, 0.15) is 0 Å². The maximum absolute atomic E-state index is 5.32. The van der Waals surface area contributed by atoms with Gasteiger partial charge in [0.15, 0.2) is 17.5 Å². The number of aromatic nitrogens is 3. The molecule has 274 valence electrons. The van der Waals surface area contributed by atoms with Crippen molar-refractivity contribution in [1.82, 2.24) is 15.0 Å². The van der Waals surface area contributed by atoms with E-state index >= 15 is 0 Å². The van der Waals surface area contributed by atoms with Gasteiger partial charge in [-0.15, -0.1) is 0 Å². The molecule has 58 heavy (non-hydrogen) atoms. The minimum Gasteiger partial charge on any atom is -0.208 e. The second kappa shape index (κ2) is 13.5.